The highest BCUT2D eigenvalue weighted by molar-refractivity contribution is 5.72. The van der Waals surface area contributed by atoms with Crippen LogP contribution in [-0.4, -0.2) is 80.4 Å². The molecule has 2 aromatic rings. The van der Waals surface area contributed by atoms with Crippen molar-refractivity contribution in [3.63, 3.8) is 0 Å². The van der Waals surface area contributed by atoms with Gasteiger partial charge in [-0.2, -0.15) is 0 Å². The Morgan fingerprint density at radius 2 is 1.48 bits per heavy atom. The lowest BCUT2D eigenvalue weighted by Gasteiger charge is -2.44. The predicted molar refractivity (Wildman–Crippen MR) is 151 cm³/mol. The van der Waals surface area contributed by atoms with E-state index in [1.807, 2.05) is 0 Å². The minimum atomic E-state index is -1.70. The molecule has 1 fully saturated rings. The molecule has 2 aromatic carbocycles. The van der Waals surface area contributed by atoms with E-state index in [0.717, 1.165) is 0 Å². The van der Waals surface area contributed by atoms with Crippen molar-refractivity contribution in [2.24, 2.45) is 0 Å². The van der Waals surface area contributed by atoms with Crippen molar-refractivity contribution in [2.75, 3.05) is 19.8 Å². The molecule has 3 rings (SSSR count). The van der Waals surface area contributed by atoms with E-state index in [0.29, 0.717) is 16.7 Å². The van der Waals surface area contributed by atoms with Crippen LogP contribution in [0.2, 0.25) is 0 Å². The summed E-state index contributed by atoms with van der Waals surface area (Å²) in [6, 6.07) is 13.7. The monoisotopic (exact) mass is 620 g/mol. The first kappa shape index (κ1) is 28.3. The molecule has 5 atom stereocenters. The molecule has 13 heteroatoms. The third-order valence-corrected chi connectivity index (χ3v) is 5.96. The number of carbonyl (C=O) groups is 5. The van der Waals surface area contributed by atoms with Crippen LogP contribution < -0.4 is 4.74 Å². The normalized spacial score (nSPS) is 22.2. The lowest BCUT2D eigenvalue weighted by Crippen LogP contribution is -2.63. The van der Waals surface area contributed by atoms with Gasteiger partial charge in [-0.05, 0) is 30.2 Å². The molecule has 0 aromatic heterocycles. The van der Waals surface area contributed by atoms with Crippen LogP contribution in [-0.2, 0) is 63.7 Å². The van der Waals surface area contributed by atoms with Crippen LogP contribution in [0.4, 0.5) is 0 Å². The topological polar surface area (TPSA) is 159 Å². The van der Waals surface area contributed by atoms with E-state index in [4.69, 9.17) is 43.4 Å². The minimum Gasteiger partial charge on any atom is -0.464 e. The maximum atomic E-state index is 12.4. The number of hydrogen-bond acceptors (Lipinski definition) is 13. The summed E-state index contributed by atoms with van der Waals surface area (Å²) >= 11 is 0. The molecular formula is C31H36O13. The lowest BCUT2D eigenvalue weighted by atomic mass is 9.97. The molecule has 44 heavy (non-hydrogen) atoms. The summed E-state index contributed by atoms with van der Waals surface area (Å²) in [5.41, 5.74) is 1.86. The zero-order valence-corrected chi connectivity index (χ0v) is 24.0. The van der Waals surface area contributed by atoms with Crippen molar-refractivity contribution in [1.82, 2.24) is 0 Å². The zero-order valence-electron chi connectivity index (χ0n) is 28.0. The van der Waals surface area contributed by atoms with Gasteiger partial charge >= 0.3 is 29.8 Å². The highest BCUT2D eigenvalue weighted by Gasteiger charge is 2.53. The summed E-state index contributed by atoms with van der Waals surface area (Å²) in [5.74, 6) is -4.57. The Kier molecular flexibility index (Phi) is 10.5. The summed E-state index contributed by atoms with van der Waals surface area (Å²) in [4.78, 5) is 60.6. The van der Waals surface area contributed by atoms with Gasteiger partial charge in [0.05, 0.1) is 13.2 Å². The smallest absolute Gasteiger partial charge is 0.332 e. The first-order valence-electron chi connectivity index (χ1n) is 16.1. The SMILES string of the molecule is [2H]CC(=O)OC[C@H]1OC(Oc2ccccc2-c2cccc(COCC(=O)OCC)c2)[C@@H](OC(=O)C[2H])[C@@H](OC(=O)C[2H])[C@@H]1OC(=O)C[2H]. The van der Waals surface area contributed by atoms with Crippen LogP contribution in [0.1, 0.15) is 45.6 Å². The Balaban J connectivity index is 2.01. The highest BCUT2D eigenvalue weighted by Crippen LogP contribution is 2.35. The molecule has 0 saturated carbocycles. The summed E-state index contributed by atoms with van der Waals surface area (Å²) in [5, 5.41) is 0. The number of para-hydroxylation sites is 1. The molecule has 1 unspecified atom stereocenters. The standard InChI is InChI=1S/C31H36O13/c1-6-38-27(36)17-37-15-22-10-9-11-23(14-22)24-12-7-8-13-25(24)43-31-30(42-21(5)35)29(41-20(4)34)28(40-19(3)33)26(44-31)16-39-18(2)32/h7-14,26,28-31H,6,15-17H2,1-5H3/t26-,28-,29+,30+,31?/m1/s1/i2D,3D,4D,5D. The van der Waals surface area contributed by atoms with Gasteiger partial charge in [-0.15, -0.1) is 0 Å². The largest absolute Gasteiger partial charge is 0.464 e. The highest BCUT2D eigenvalue weighted by atomic mass is 16.7. The van der Waals surface area contributed by atoms with Crippen molar-refractivity contribution in [3.05, 3.63) is 54.1 Å². The summed E-state index contributed by atoms with van der Waals surface area (Å²) < 4.78 is 73.3. The average molecular weight is 621 g/mol. The van der Waals surface area contributed by atoms with Crippen LogP contribution >= 0.6 is 0 Å². The van der Waals surface area contributed by atoms with Gasteiger partial charge in [0.25, 0.3) is 0 Å². The number of carbonyl (C=O) groups excluding carboxylic acids is 5. The summed E-state index contributed by atoms with van der Waals surface area (Å²) in [7, 11) is 0. The molecule has 0 amide bonds. The quantitative estimate of drug-likeness (QED) is 0.238. The third kappa shape index (κ3) is 10.1. The number of ether oxygens (including phenoxy) is 8. The second-order valence-corrected chi connectivity index (χ2v) is 9.20. The van der Waals surface area contributed by atoms with Gasteiger partial charge in [0.1, 0.15) is 25.1 Å². The van der Waals surface area contributed by atoms with Crippen molar-refractivity contribution in [3.8, 4) is 16.9 Å². The maximum absolute atomic E-state index is 12.4. The predicted octanol–water partition coefficient (Wildman–Crippen LogP) is 2.90. The molecule has 0 aliphatic carbocycles. The van der Waals surface area contributed by atoms with E-state index in [9.17, 15) is 24.0 Å². The molecule has 0 bridgehead atoms. The van der Waals surface area contributed by atoms with Gasteiger partial charge in [0.15, 0.2) is 12.2 Å². The molecule has 238 valence electrons. The van der Waals surface area contributed by atoms with Crippen molar-refractivity contribution >= 4 is 29.8 Å². The zero-order chi connectivity index (χ0) is 35.1. The van der Waals surface area contributed by atoms with Crippen molar-refractivity contribution in [1.29, 1.82) is 0 Å². The second kappa shape index (κ2) is 16.4. The Labute approximate surface area is 260 Å². The number of esters is 5. The van der Waals surface area contributed by atoms with Crippen LogP contribution in [0.15, 0.2) is 48.5 Å². The van der Waals surface area contributed by atoms with Crippen molar-refractivity contribution < 1.29 is 67.4 Å². The second-order valence-electron chi connectivity index (χ2n) is 9.20. The fourth-order valence-corrected chi connectivity index (χ4v) is 4.36. The van der Waals surface area contributed by atoms with E-state index in [2.05, 4.69) is 0 Å². The van der Waals surface area contributed by atoms with Gasteiger partial charge in [-0.25, -0.2) is 4.79 Å². The Morgan fingerprint density at radius 3 is 2.18 bits per heavy atom. The average Bonchev–Trinajstić information content (AvgIpc) is 3.09. The first-order chi connectivity index (χ1) is 23.1. The van der Waals surface area contributed by atoms with Gasteiger partial charge in [-0.3, -0.25) is 19.2 Å². The third-order valence-electron chi connectivity index (χ3n) is 5.96. The van der Waals surface area contributed by atoms with E-state index in [-0.39, 0.29) is 25.6 Å². The molecular weight excluding hydrogens is 580 g/mol. The van der Waals surface area contributed by atoms with Crippen LogP contribution in [0.3, 0.4) is 0 Å². The molecule has 1 aliphatic heterocycles. The minimum absolute atomic E-state index is 0.0900. The molecule has 0 radical (unpaired) electrons. The molecule has 1 heterocycles. The molecule has 13 nitrogen and oxygen atoms in total. The van der Waals surface area contributed by atoms with Crippen LogP contribution in [0, 0.1) is 0 Å². The first-order valence-corrected chi connectivity index (χ1v) is 13.3. The number of rotatable bonds is 13. The Hall–Kier alpha value is -4.49. The van der Waals surface area contributed by atoms with E-state index < -0.39 is 94.8 Å². The van der Waals surface area contributed by atoms with Crippen LogP contribution in [0.5, 0.6) is 5.75 Å². The van der Waals surface area contributed by atoms with Crippen molar-refractivity contribution in [2.45, 2.75) is 71.8 Å². The molecule has 0 N–H and O–H groups in total. The Morgan fingerprint density at radius 1 is 0.795 bits per heavy atom. The van der Waals surface area contributed by atoms with Gasteiger partial charge in [0, 0.05) is 38.6 Å². The summed E-state index contributed by atoms with van der Waals surface area (Å²) in [6.07, 6.45) is -8.06. The fraction of sp³-hybridized carbons (Fsp3) is 0.452. The number of benzene rings is 2. The van der Waals surface area contributed by atoms with Gasteiger partial charge in [-0.1, -0.05) is 36.4 Å². The van der Waals surface area contributed by atoms with Crippen LogP contribution in [0.25, 0.3) is 11.1 Å². The molecule has 1 aliphatic rings. The van der Waals surface area contributed by atoms with E-state index in [1.165, 1.54) is 0 Å². The van der Waals surface area contributed by atoms with E-state index in [1.54, 1.807) is 55.5 Å². The fourth-order valence-electron chi connectivity index (χ4n) is 4.36. The van der Waals surface area contributed by atoms with E-state index >= 15 is 0 Å². The molecule has 1 saturated heterocycles. The lowest BCUT2D eigenvalue weighted by molar-refractivity contribution is -0.288. The van der Waals surface area contributed by atoms with Gasteiger partial charge in [0.2, 0.25) is 12.4 Å². The van der Waals surface area contributed by atoms with Gasteiger partial charge < -0.3 is 37.9 Å². The Bertz CT molecular complexity index is 1410. The number of hydrogen-bond donors (Lipinski definition) is 0. The summed E-state index contributed by atoms with van der Waals surface area (Å²) in [6.45, 7) is -2.19. The molecule has 0 spiro atoms. The maximum Gasteiger partial charge on any atom is 0.332 e.